The highest BCUT2D eigenvalue weighted by molar-refractivity contribution is 6.12. The number of phenolic OH excluding ortho intramolecular Hbond substituents is 1. The van der Waals surface area contributed by atoms with Crippen LogP contribution in [0, 0.1) is 18.3 Å². The molecule has 5 heteroatoms. The fourth-order valence-corrected chi connectivity index (χ4v) is 2.33. The van der Waals surface area contributed by atoms with Crippen molar-refractivity contribution >= 4 is 11.8 Å². The van der Waals surface area contributed by atoms with Crippen molar-refractivity contribution in [1.29, 1.82) is 5.26 Å². The van der Waals surface area contributed by atoms with Crippen LogP contribution in [0.2, 0.25) is 0 Å². The van der Waals surface area contributed by atoms with Gasteiger partial charge in [-0.1, -0.05) is 12.1 Å². The lowest BCUT2D eigenvalue weighted by Gasteiger charge is -2.20. The van der Waals surface area contributed by atoms with Gasteiger partial charge in [0.1, 0.15) is 11.4 Å². The highest BCUT2D eigenvalue weighted by Gasteiger charge is 2.23. The Morgan fingerprint density at radius 2 is 1.76 bits per heavy atom. The third-order valence-corrected chi connectivity index (χ3v) is 3.56. The fourth-order valence-electron chi connectivity index (χ4n) is 2.33. The molecular formula is C20H19NO4. The topological polar surface area (TPSA) is 87.4 Å². The Morgan fingerprint density at radius 3 is 2.32 bits per heavy atom. The first-order valence-electron chi connectivity index (χ1n) is 7.75. The van der Waals surface area contributed by atoms with Gasteiger partial charge in [-0.25, -0.2) is 4.79 Å². The molecule has 2 aromatic rings. The van der Waals surface area contributed by atoms with E-state index in [1.807, 2.05) is 6.07 Å². The monoisotopic (exact) mass is 337 g/mol. The Kier molecular flexibility index (Phi) is 4.94. The van der Waals surface area contributed by atoms with E-state index in [4.69, 9.17) is 4.74 Å². The summed E-state index contributed by atoms with van der Waals surface area (Å²) in [7, 11) is 0. The van der Waals surface area contributed by atoms with Crippen molar-refractivity contribution in [3.63, 3.8) is 0 Å². The van der Waals surface area contributed by atoms with E-state index in [-0.39, 0.29) is 28.0 Å². The Morgan fingerprint density at radius 1 is 1.12 bits per heavy atom. The van der Waals surface area contributed by atoms with Gasteiger partial charge in [-0.2, -0.15) is 5.26 Å². The zero-order valence-corrected chi connectivity index (χ0v) is 14.6. The Bertz CT molecular complexity index is 886. The van der Waals surface area contributed by atoms with Crippen molar-refractivity contribution in [2.24, 2.45) is 0 Å². The molecule has 0 aliphatic rings. The molecule has 0 radical (unpaired) electrons. The van der Waals surface area contributed by atoms with E-state index in [9.17, 15) is 20.0 Å². The van der Waals surface area contributed by atoms with Gasteiger partial charge in [0.05, 0.1) is 22.8 Å². The van der Waals surface area contributed by atoms with E-state index in [1.165, 1.54) is 24.3 Å². The number of aromatic hydroxyl groups is 1. The molecule has 0 aliphatic heterocycles. The zero-order valence-electron chi connectivity index (χ0n) is 14.6. The minimum atomic E-state index is -0.700. The number of carbonyl (C=O) groups is 2. The molecule has 128 valence electrons. The molecule has 0 saturated heterocycles. The van der Waals surface area contributed by atoms with Crippen molar-refractivity contribution in [2.45, 2.75) is 33.3 Å². The molecule has 0 spiro atoms. The average molecular weight is 337 g/mol. The number of hydrogen-bond donors (Lipinski definition) is 1. The van der Waals surface area contributed by atoms with Crippen LogP contribution in [0.15, 0.2) is 36.4 Å². The summed E-state index contributed by atoms with van der Waals surface area (Å²) in [6, 6.07) is 10.9. The molecule has 2 rings (SSSR count). The zero-order chi connectivity index (χ0) is 18.8. The molecule has 0 amide bonds. The van der Waals surface area contributed by atoms with Gasteiger partial charge in [0, 0.05) is 5.56 Å². The summed E-state index contributed by atoms with van der Waals surface area (Å²) in [5.41, 5.74) is 0.365. The van der Waals surface area contributed by atoms with Crippen molar-refractivity contribution in [2.75, 3.05) is 0 Å². The van der Waals surface area contributed by atoms with Gasteiger partial charge in [-0.15, -0.1) is 0 Å². The minimum Gasteiger partial charge on any atom is -0.507 e. The molecule has 25 heavy (non-hydrogen) atoms. The molecule has 1 N–H and O–H groups in total. The van der Waals surface area contributed by atoms with Crippen LogP contribution >= 0.6 is 0 Å². The van der Waals surface area contributed by atoms with Crippen LogP contribution in [-0.2, 0) is 4.74 Å². The number of hydrogen-bond acceptors (Lipinski definition) is 5. The van der Waals surface area contributed by atoms with Gasteiger partial charge in [0.15, 0.2) is 5.78 Å². The number of rotatable bonds is 3. The van der Waals surface area contributed by atoms with Crippen molar-refractivity contribution < 1.29 is 19.4 Å². The van der Waals surface area contributed by atoms with Gasteiger partial charge in [-0.3, -0.25) is 4.79 Å². The highest BCUT2D eigenvalue weighted by atomic mass is 16.6. The minimum absolute atomic E-state index is 0.102. The number of ether oxygens (including phenoxy) is 1. The Balaban J connectivity index is 2.56. The van der Waals surface area contributed by atoms with Crippen molar-refractivity contribution in [3.8, 4) is 11.8 Å². The quantitative estimate of drug-likeness (QED) is 0.680. The summed E-state index contributed by atoms with van der Waals surface area (Å²) in [5.74, 6) is -1.24. The SMILES string of the molecule is Cc1c(C#N)cc(C(=O)c2ccccc2O)cc1C(=O)OC(C)(C)C. The molecule has 0 aromatic heterocycles. The Hall–Kier alpha value is -3.13. The van der Waals surface area contributed by atoms with Crippen LogP contribution in [-0.4, -0.2) is 22.5 Å². The maximum absolute atomic E-state index is 12.7. The van der Waals surface area contributed by atoms with Crippen LogP contribution in [0.1, 0.15) is 58.2 Å². The first-order valence-corrected chi connectivity index (χ1v) is 7.75. The molecule has 0 heterocycles. The summed E-state index contributed by atoms with van der Waals surface area (Å²) < 4.78 is 5.36. The number of esters is 1. The smallest absolute Gasteiger partial charge is 0.338 e. The van der Waals surface area contributed by atoms with E-state index >= 15 is 0 Å². The van der Waals surface area contributed by atoms with Crippen LogP contribution in [0.4, 0.5) is 0 Å². The second kappa shape index (κ2) is 6.78. The van der Waals surface area contributed by atoms with Crippen molar-refractivity contribution in [1.82, 2.24) is 0 Å². The van der Waals surface area contributed by atoms with Gasteiger partial charge in [0.2, 0.25) is 0 Å². The lowest BCUT2D eigenvalue weighted by Crippen LogP contribution is -2.24. The van der Waals surface area contributed by atoms with Crippen LogP contribution in [0.5, 0.6) is 5.75 Å². The lowest BCUT2D eigenvalue weighted by atomic mass is 9.94. The van der Waals surface area contributed by atoms with Crippen LogP contribution in [0.25, 0.3) is 0 Å². The van der Waals surface area contributed by atoms with E-state index in [1.54, 1.807) is 39.8 Å². The molecule has 0 saturated carbocycles. The normalized spacial score (nSPS) is 10.8. The van der Waals surface area contributed by atoms with Crippen LogP contribution in [0.3, 0.4) is 0 Å². The van der Waals surface area contributed by atoms with Gasteiger partial charge < -0.3 is 9.84 Å². The molecular weight excluding hydrogens is 318 g/mol. The first-order chi connectivity index (χ1) is 11.6. The maximum Gasteiger partial charge on any atom is 0.338 e. The average Bonchev–Trinajstić information content (AvgIpc) is 2.53. The fraction of sp³-hybridized carbons (Fsp3) is 0.250. The predicted molar refractivity (Wildman–Crippen MR) is 92.6 cm³/mol. The summed E-state index contributed by atoms with van der Waals surface area (Å²) in [6.45, 7) is 6.85. The maximum atomic E-state index is 12.7. The van der Waals surface area contributed by atoms with Gasteiger partial charge >= 0.3 is 5.97 Å². The van der Waals surface area contributed by atoms with Gasteiger partial charge in [-0.05, 0) is 57.5 Å². The molecule has 0 aliphatic carbocycles. The lowest BCUT2D eigenvalue weighted by molar-refractivity contribution is 0.00687. The van der Waals surface area contributed by atoms with Crippen molar-refractivity contribution in [3.05, 3.63) is 64.2 Å². The third-order valence-electron chi connectivity index (χ3n) is 3.56. The molecule has 5 nitrogen and oxygen atoms in total. The second-order valence-corrected chi connectivity index (χ2v) is 6.66. The predicted octanol–water partition coefficient (Wildman–Crippen LogP) is 3.76. The third kappa shape index (κ3) is 4.04. The summed E-state index contributed by atoms with van der Waals surface area (Å²) >= 11 is 0. The first kappa shape index (κ1) is 18.2. The Labute approximate surface area is 146 Å². The standard InChI is InChI=1S/C20H19NO4/c1-12-14(11-21)9-13(10-16(12)19(24)25-20(2,3)4)18(23)15-7-5-6-8-17(15)22/h5-10,22H,1-4H3. The summed E-state index contributed by atoms with van der Waals surface area (Å²) in [6.07, 6.45) is 0. The van der Waals surface area contributed by atoms with Crippen LogP contribution < -0.4 is 0 Å². The molecule has 2 aromatic carbocycles. The van der Waals surface area contributed by atoms with E-state index in [0.717, 1.165) is 0 Å². The number of nitriles is 1. The molecule has 0 unspecified atom stereocenters. The number of benzene rings is 2. The van der Waals surface area contributed by atoms with Gasteiger partial charge in [0.25, 0.3) is 0 Å². The van der Waals surface area contributed by atoms with E-state index in [0.29, 0.717) is 5.56 Å². The number of phenols is 1. The second-order valence-electron chi connectivity index (χ2n) is 6.66. The largest absolute Gasteiger partial charge is 0.507 e. The molecule has 0 bridgehead atoms. The number of ketones is 1. The molecule has 0 fully saturated rings. The van der Waals surface area contributed by atoms with E-state index < -0.39 is 17.4 Å². The summed E-state index contributed by atoms with van der Waals surface area (Å²) in [4.78, 5) is 25.1. The van der Waals surface area contributed by atoms with E-state index in [2.05, 4.69) is 0 Å². The number of nitrogens with zero attached hydrogens (tertiary/aromatic N) is 1. The summed E-state index contributed by atoms with van der Waals surface area (Å²) in [5, 5.41) is 19.2. The number of carbonyl (C=O) groups excluding carboxylic acids is 2. The number of para-hydroxylation sites is 1. The highest BCUT2D eigenvalue weighted by Crippen LogP contribution is 2.24. The molecule has 0 atom stereocenters.